The van der Waals surface area contributed by atoms with Gasteiger partial charge in [-0.15, -0.1) is 0 Å². The molecule has 2 aromatic carbocycles. The number of carbonyl (C=O) groups excluding carboxylic acids is 1. The molecule has 1 N–H and O–H groups in total. The Kier molecular flexibility index (Phi) is 4.50. The van der Waals surface area contributed by atoms with Crippen molar-refractivity contribution in [1.29, 1.82) is 0 Å². The number of amidine groups is 1. The first kappa shape index (κ1) is 13.5. The molecular formula is C15H13N2OSe. The summed E-state index contributed by atoms with van der Waals surface area (Å²) in [6.07, 6.45) is 0. The molecule has 1 amide bonds. The van der Waals surface area contributed by atoms with E-state index in [1.165, 1.54) is 5.56 Å². The van der Waals surface area contributed by atoms with Gasteiger partial charge in [-0.05, 0) is 0 Å². The summed E-state index contributed by atoms with van der Waals surface area (Å²) in [5.41, 5.74) is 2.58. The molecule has 95 valence electrons. The van der Waals surface area contributed by atoms with E-state index in [0.717, 1.165) is 5.69 Å². The summed E-state index contributed by atoms with van der Waals surface area (Å²) in [6, 6.07) is 16.8. The van der Waals surface area contributed by atoms with Gasteiger partial charge < -0.3 is 0 Å². The van der Waals surface area contributed by atoms with Crippen LogP contribution >= 0.6 is 0 Å². The number of benzene rings is 2. The SMILES string of the molecule is Cc1ccc(N=C([Se])NC(=O)c2ccccc2)cc1. The number of hydrogen-bond donors (Lipinski definition) is 1. The number of nitrogens with zero attached hydrogens (tertiary/aromatic N) is 1. The zero-order valence-electron chi connectivity index (χ0n) is 10.5. The zero-order chi connectivity index (χ0) is 13.7. The van der Waals surface area contributed by atoms with E-state index < -0.39 is 0 Å². The van der Waals surface area contributed by atoms with Gasteiger partial charge >= 0.3 is 120 Å². The van der Waals surface area contributed by atoms with Crippen molar-refractivity contribution in [2.75, 3.05) is 0 Å². The minimum absolute atomic E-state index is 0.176. The van der Waals surface area contributed by atoms with Crippen molar-refractivity contribution in [2.45, 2.75) is 6.92 Å². The van der Waals surface area contributed by atoms with Crippen LogP contribution in [-0.2, 0) is 0 Å². The number of aliphatic imine (C=N–C) groups is 1. The molecule has 0 atom stereocenters. The topological polar surface area (TPSA) is 41.5 Å². The third-order valence-corrected chi connectivity index (χ3v) is 2.93. The molecule has 2 rings (SSSR count). The maximum atomic E-state index is 11.9. The minimum atomic E-state index is -0.176. The summed E-state index contributed by atoms with van der Waals surface area (Å²) < 4.78 is 0.456. The molecule has 4 heteroatoms. The van der Waals surface area contributed by atoms with Crippen molar-refractivity contribution in [2.24, 2.45) is 4.99 Å². The molecule has 3 nitrogen and oxygen atoms in total. The van der Waals surface area contributed by atoms with Gasteiger partial charge in [-0.3, -0.25) is 0 Å². The Morgan fingerprint density at radius 2 is 1.68 bits per heavy atom. The Bertz CT molecular complexity index is 591. The molecule has 0 heterocycles. The Labute approximate surface area is 120 Å². The van der Waals surface area contributed by atoms with E-state index in [2.05, 4.69) is 26.3 Å². The van der Waals surface area contributed by atoms with Crippen LogP contribution in [0.1, 0.15) is 15.9 Å². The first-order valence-electron chi connectivity index (χ1n) is 5.84. The molecule has 0 aliphatic heterocycles. The Hall–Kier alpha value is -1.90. The van der Waals surface area contributed by atoms with E-state index in [0.29, 0.717) is 10.3 Å². The van der Waals surface area contributed by atoms with Crippen LogP contribution in [0.25, 0.3) is 0 Å². The number of aryl methyl sites for hydroxylation is 1. The fraction of sp³-hybridized carbons (Fsp3) is 0.0667. The van der Waals surface area contributed by atoms with Crippen LogP contribution < -0.4 is 5.32 Å². The predicted octanol–water partition coefficient (Wildman–Crippen LogP) is 2.58. The fourth-order valence-corrected chi connectivity index (χ4v) is 1.94. The van der Waals surface area contributed by atoms with Crippen molar-refractivity contribution in [3.05, 3.63) is 65.7 Å². The molecule has 0 saturated heterocycles. The van der Waals surface area contributed by atoms with E-state index in [4.69, 9.17) is 0 Å². The van der Waals surface area contributed by atoms with Gasteiger partial charge in [0, 0.05) is 0 Å². The summed E-state index contributed by atoms with van der Waals surface area (Å²) in [6.45, 7) is 2.02. The van der Waals surface area contributed by atoms with Gasteiger partial charge in [0.15, 0.2) is 0 Å². The van der Waals surface area contributed by atoms with E-state index in [1.54, 1.807) is 12.1 Å². The molecule has 19 heavy (non-hydrogen) atoms. The summed E-state index contributed by atoms with van der Waals surface area (Å²) in [7, 11) is 0. The number of amides is 1. The molecule has 0 spiro atoms. The van der Waals surface area contributed by atoms with Crippen LogP contribution in [0, 0.1) is 6.92 Å². The van der Waals surface area contributed by atoms with Crippen molar-refractivity contribution >= 4 is 32.3 Å². The van der Waals surface area contributed by atoms with Gasteiger partial charge in [-0.1, -0.05) is 0 Å². The molecule has 0 unspecified atom stereocenters. The molecular weight excluding hydrogens is 303 g/mol. The van der Waals surface area contributed by atoms with Gasteiger partial charge in [0.05, 0.1) is 0 Å². The van der Waals surface area contributed by atoms with Crippen LogP contribution in [0.3, 0.4) is 0 Å². The van der Waals surface area contributed by atoms with Gasteiger partial charge in [0.1, 0.15) is 0 Å². The molecule has 0 saturated carbocycles. The Morgan fingerprint density at radius 1 is 1.05 bits per heavy atom. The average molecular weight is 316 g/mol. The van der Waals surface area contributed by atoms with Crippen LogP contribution in [0.2, 0.25) is 0 Å². The average Bonchev–Trinajstić information content (AvgIpc) is 2.42. The van der Waals surface area contributed by atoms with Crippen LogP contribution in [-0.4, -0.2) is 26.7 Å². The molecule has 1 radical (unpaired) electrons. The summed E-state index contributed by atoms with van der Waals surface area (Å²) in [5, 5.41) is 2.71. The standard InChI is InChI=1S/C15H13N2OSe/c1-11-7-9-13(10-8-11)16-15(19)17-14(18)12-5-3-2-4-6-12/h2-10H,1H3,(H,16,17,18). The van der Waals surface area contributed by atoms with E-state index >= 15 is 0 Å². The molecule has 0 aliphatic rings. The summed E-state index contributed by atoms with van der Waals surface area (Å²) in [5.74, 6) is -0.176. The quantitative estimate of drug-likeness (QED) is 0.516. The third-order valence-electron chi connectivity index (χ3n) is 2.52. The molecule has 2 aromatic rings. The monoisotopic (exact) mass is 317 g/mol. The molecule has 0 fully saturated rings. The van der Waals surface area contributed by atoms with Crippen LogP contribution in [0.15, 0.2) is 59.6 Å². The number of nitrogens with one attached hydrogen (secondary N) is 1. The zero-order valence-corrected chi connectivity index (χ0v) is 12.2. The Morgan fingerprint density at radius 3 is 2.32 bits per heavy atom. The van der Waals surface area contributed by atoms with Crippen molar-refractivity contribution in [3.63, 3.8) is 0 Å². The van der Waals surface area contributed by atoms with E-state index in [-0.39, 0.29) is 5.91 Å². The van der Waals surface area contributed by atoms with Gasteiger partial charge in [-0.25, -0.2) is 0 Å². The fourth-order valence-electron chi connectivity index (χ4n) is 1.52. The van der Waals surface area contributed by atoms with E-state index in [1.807, 2.05) is 49.4 Å². The number of rotatable bonds is 2. The van der Waals surface area contributed by atoms with Gasteiger partial charge in [0.2, 0.25) is 0 Å². The summed E-state index contributed by atoms with van der Waals surface area (Å²) >= 11 is 2.76. The Balaban J connectivity index is 2.07. The third kappa shape index (κ3) is 4.05. The molecule has 0 bridgehead atoms. The maximum absolute atomic E-state index is 11.9. The number of carbonyl (C=O) groups is 1. The number of hydrogen-bond acceptors (Lipinski definition) is 2. The van der Waals surface area contributed by atoms with E-state index in [9.17, 15) is 4.79 Å². The molecule has 0 aliphatic carbocycles. The first-order chi connectivity index (χ1) is 9.15. The second-order valence-electron chi connectivity index (χ2n) is 4.07. The molecule has 0 aromatic heterocycles. The first-order valence-corrected chi connectivity index (χ1v) is 6.69. The summed E-state index contributed by atoms with van der Waals surface area (Å²) in [4.78, 5) is 16.2. The second-order valence-corrected chi connectivity index (χ2v) is 4.88. The predicted molar refractivity (Wildman–Crippen MR) is 77.9 cm³/mol. The van der Waals surface area contributed by atoms with Crippen LogP contribution in [0.5, 0.6) is 0 Å². The van der Waals surface area contributed by atoms with Crippen molar-refractivity contribution in [1.82, 2.24) is 5.32 Å². The van der Waals surface area contributed by atoms with Crippen molar-refractivity contribution < 1.29 is 4.79 Å². The van der Waals surface area contributed by atoms with Crippen LogP contribution in [0.4, 0.5) is 5.69 Å². The van der Waals surface area contributed by atoms with Gasteiger partial charge in [-0.2, -0.15) is 0 Å². The van der Waals surface area contributed by atoms with Crippen molar-refractivity contribution in [3.8, 4) is 0 Å². The normalized spacial score (nSPS) is 11.1. The second kappa shape index (κ2) is 6.32. The van der Waals surface area contributed by atoms with Gasteiger partial charge in [0.25, 0.3) is 0 Å².